The van der Waals surface area contributed by atoms with E-state index >= 15 is 0 Å². The number of rotatable bonds is 5. The lowest BCUT2D eigenvalue weighted by Gasteiger charge is -2.10. The van der Waals surface area contributed by atoms with E-state index < -0.39 is 0 Å². The molecule has 0 fully saturated rings. The normalized spacial score (nSPS) is 15.5. The van der Waals surface area contributed by atoms with Gasteiger partial charge in [0.1, 0.15) is 22.4 Å². The smallest absolute Gasteiger partial charge is 0.244 e. The first-order valence-corrected chi connectivity index (χ1v) is 10.4. The lowest BCUT2D eigenvalue weighted by molar-refractivity contribution is -0.107. The van der Waals surface area contributed by atoms with Crippen LogP contribution in [0, 0.1) is 0 Å². The molecule has 1 heterocycles. The molecule has 6 heteroatoms. The molecule has 25 heavy (non-hydrogen) atoms. The fourth-order valence-electron chi connectivity index (χ4n) is 2.22. The van der Waals surface area contributed by atoms with Crippen LogP contribution in [0.15, 0.2) is 63.7 Å². The number of thioether (sulfide) groups is 2. The van der Waals surface area contributed by atoms with E-state index in [4.69, 9.17) is 4.74 Å². The van der Waals surface area contributed by atoms with Crippen molar-refractivity contribution in [2.24, 2.45) is 4.99 Å². The molecule has 0 unspecified atom stereocenters. The number of hydrogen-bond donors (Lipinski definition) is 0. The lowest BCUT2D eigenvalue weighted by atomic mass is 10.1. The summed E-state index contributed by atoms with van der Waals surface area (Å²) >= 11 is 6.25. The highest BCUT2D eigenvalue weighted by Crippen LogP contribution is 2.33. The van der Waals surface area contributed by atoms with Crippen LogP contribution < -0.4 is 4.74 Å². The maximum absolute atomic E-state index is 12.2. The Morgan fingerprint density at radius 3 is 2.80 bits per heavy atom. The SMILES string of the molecule is CCSC1=NC(=Cc2cc(Br)ccc2OCc2ccccc2)C(=O)S1. The van der Waals surface area contributed by atoms with Gasteiger partial charge in [-0.05, 0) is 47.4 Å². The Bertz CT molecular complexity index is 835. The van der Waals surface area contributed by atoms with Gasteiger partial charge in [0.2, 0.25) is 5.12 Å². The van der Waals surface area contributed by atoms with Crippen molar-refractivity contribution in [3.63, 3.8) is 0 Å². The third-order valence-electron chi connectivity index (χ3n) is 3.37. The van der Waals surface area contributed by atoms with Crippen molar-refractivity contribution in [1.29, 1.82) is 0 Å². The number of halogens is 1. The molecule has 0 saturated heterocycles. The van der Waals surface area contributed by atoms with Crippen LogP contribution in [0.4, 0.5) is 0 Å². The number of carbonyl (C=O) groups is 1. The van der Waals surface area contributed by atoms with E-state index in [0.29, 0.717) is 12.3 Å². The molecule has 128 valence electrons. The van der Waals surface area contributed by atoms with Crippen molar-refractivity contribution in [1.82, 2.24) is 0 Å². The average Bonchev–Trinajstić information content (AvgIpc) is 2.95. The fourth-order valence-corrected chi connectivity index (χ4v) is 4.34. The van der Waals surface area contributed by atoms with Crippen LogP contribution in [0.2, 0.25) is 0 Å². The number of hydrogen-bond acceptors (Lipinski definition) is 5. The van der Waals surface area contributed by atoms with E-state index in [0.717, 1.165) is 31.5 Å². The molecule has 0 aromatic heterocycles. The molecule has 3 rings (SSSR count). The van der Waals surface area contributed by atoms with Gasteiger partial charge >= 0.3 is 0 Å². The van der Waals surface area contributed by atoms with Crippen molar-refractivity contribution in [2.45, 2.75) is 13.5 Å². The highest BCUT2D eigenvalue weighted by Gasteiger charge is 2.22. The third-order valence-corrected chi connectivity index (χ3v) is 5.75. The lowest BCUT2D eigenvalue weighted by Crippen LogP contribution is -1.97. The van der Waals surface area contributed by atoms with Gasteiger partial charge in [-0.3, -0.25) is 4.79 Å². The first kappa shape index (κ1) is 18.3. The number of carbonyl (C=O) groups excluding carboxylic acids is 1. The summed E-state index contributed by atoms with van der Waals surface area (Å²) in [4.78, 5) is 16.6. The van der Waals surface area contributed by atoms with Gasteiger partial charge in [-0.25, -0.2) is 4.99 Å². The molecule has 0 aliphatic carbocycles. The maximum Gasteiger partial charge on any atom is 0.244 e. The summed E-state index contributed by atoms with van der Waals surface area (Å²) in [6.45, 7) is 2.52. The van der Waals surface area contributed by atoms with Crippen LogP contribution in [0.5, 0.6) is 5.75 Å². The Morgan fingerprint density at radius 1 is 1.24 bits per heavy atom. The minimum Gasteiger partial charge on any atom is -0.488 e. The van der Waals surface area contributed by atoms with Gasteiger partial charge < -0.3 is 4.74 Å². The highest BCUT2D eigenvalue weighted by molar-refractivity contribution is 9.10. The Morgan fingerprint density at radius 2 is 2.04 bits per heavy atom. The van der Waals surface area contributed by atoms with Crippen molar-refractivity contribution in [3.8, 4) is 5.75 Å². The fraction of sp³-hybridized carbons (Fsp3) is 0.158. The number of aliphatic imine (C=N–C) groups is 1. The molecule has 0 atom stereocenters. The van der Waals surface area contributed by atoms with Gasteiger partial charge in [0.25, 0.3) is 0 Å². The molecule has 1 aliphatic heterocycles. The summed E-state index contributed by atoms with van der Waals surface area (Å²) in [5.74, 6) is 1.62. The largest absolute Gasteiger partial charge is 0.488 e. The Balaban J connectivity index is 1.84. The van der Waals surface area contributed by atoms with Crippen molar-refractivity contribution < 1.29 is 9.53 Å². The van der Waals surface area contributed by atoms with Gasteiger partial charge in [0, 0.05) is 10.0 Å². The molecule has 0 saturated carbocycles. The standard InChI is InChI=1S/C19H16BrNO2S2/c1-2-24-19-21-16(18(22)25-19)11-14-10-15(20)8-9-17(14)23-12-13-6-4-3-5-7-13/h3-11H,2,12H2,1H3. The number of benzene rings is 2. The van der Waals surface area contributed by atoms with Gasteiger partial charge in [-0.15, -0.1) is 0 Å². The van der Waals surface area contributed by atoms with E-state index in [2.05, 4.69) is 20.9 Å². The second-order valence-electron chi connectivity index (χ2n) is 5.19. The quantitative estimate of drug-likeness (QED) is 0.562. The molecule has 2 aromatic rings. The second-order valence-corrected chi connectivity index (χ2v) is 8.57. The molecule has 0 bridgehead atoms. The monoisotopic (exact) mass is 433 g/mol. The Labute approximate surface area is 164 Å². The molecule has 0 spiro atoms. The predicted octanol–water partition coefficient (Wildman–Crippen LogP) is 5.75. The van der Waals surface area contributed by atoms with Crippen LogP contribution in [0.3, 0.4) is 0 Å². The van der Waals surface area contributed by atoms with Crippen LogP contribution in [0.1, 0.15) is 18.1 Å². The first-order valence-electron chi connectivity index (χ1n) is 7.77. The summed E-state index contributed by atoms with van der Waals surface area (Å²) in [6.07, 6.45) is 1.80. The van der Waals surface area contributed by atoms with Crippen LogP contribution in [-0.2, 0) is 11.4 Å². The zero-order chi connectivity index (χ0) is 17.6. The molecule has 0 radical (unpaired) electrons. The Kier molecular flexibility index (Phi) is 6.39. The average molecular weight is 434 g/mol. The van der Waals surface area contributed by atoms with Crippen molar-refractivity contribution >= 4 is 55.0 Å². The maximum atomic E-state index is 12.2. The van der Waals surface area contributed by atoms with Gasteiger partial charge in [0.15, 0.2) is 0 Å². The topological polar surface area (TPSA) is 38.7 Å². The minimum atomic E-state index is -0.0232. The van der Waals surface area contributed by atoms with E-state index in [1.54, 1.807) is 17.8 Å². The van der Waals surface area contributed by atoms with E-state index in [1.165, 1.54) is 11.8 Å². The number of nitrogens with zero attached hydrogens (tertiary/aromatic N) is 1. The molecule has 1 aliphatic rings. The molecule has 3 nitrogen and oxygen atoms in total. The highest BCUT2D eigenvalue weighted by atomic mass is 79.9. The summed E-state index contributed by atoms with van der Waals surface area (Å²) in [5.41, 5.74) is 2.39. The zero-order valence-corrected chi connectivity index (χ0v) is 16.8. The summed E-state index contributed by atoms with van der Waals surface area (Å²) in [5, 5.41) is -0.0232. The van der Waals surface area contributed by atoms with Gasteiger partial charge in [0.05, 0.1) is 0 Å². The van der Waals surface area contributed by atoms with Crippen LogP contribution >= 0.6 is 39.5 Å². The molecular weight excluding hydrogens is 418 g/mol. The molecule has 2 aromatic carbocycles. The number of ether oxygens (including phenoxy) is 1. The molecule has 0 amide bonds. The summed E-state index contributed by atoms with van der Waals surface area (Å²) < 4.78 is 7.69. The van der Waals surface area contributed by atoms with Crippen LogP contribution in [-0.4, -0.2) is 15.2 Å². The third kappa shape index (κ3) is 5.00. The van der Waals surface area contributed by atoms with E-state index in [1.807, 2.05) is 55.5 Å². The second kappa shape index (κ2) is 8.74. The van der Waals surface area contributed by atoms with Gasteiger partial charge in [-0.1, -0.05) is 64.9 Å². The van der Waals surface area contributed by atoms with E-state index in [-0.39, 0.29) is 5.12 Å². The van der Waals surface area contributed by atoms with E-state index in [9.17, 15) is 4.79 Å². The van der Waals surface area contributed by atoms with Crippen LogP contribution in [0.25, 0.3) is 6.08 Å². The molecule has 0 N–H and O–H groups in total. The summed E-state index contributed by atoms with van der Waals surface area (Å²) in [6, 6.07) is 15.8. The zero-order valence-electron chi connectivity index (χ0n) is 13.6. The first-order chi connectivity index (χ1) is 12.2. The molecular formula is C19H16BrNO2S2. The Hall–Kier alpha value is -1.50. The summed E-state index contributed by atoms with van der Waals surface area (Å²) in [7, 11) is 0. The predicted molar refractivity (Wildman–Crippen MR) is 111 cm³/mol. The van der Waals surface area contributed by atoms with Crippen molar-refractivity contribution in [2.75, 3.05) is 5.75 Å². The minimum absolute atomic E-state index is 0.0232. The van der Waals surface area contributed by atoms with Crippen molar-refractivity contribution in [3.05, 3.63) is 69.8 Å². The van der Waals surface area contributed by atoms with Gasteiger partial charge in [-0.2, -0.15) is 0 Å².